The van der Waals surface area contributed by atoms with Gasteiger partial charge in [0.25, 0.3) is 0 Å². The molecule has 10 N–H and O–H groups in total. The van der Waals surface area contributed by atoms with E-state index in [0.717, 1.165) is 24.3 Å². The van der Waals surface area contributed by atoms with Gasteiger partial charge in [-0.25, -0.2) is 0 Å². The first-order valence-electron chi connectivity index (χ1n) is 12.8. The summed E-state index contributed by atoms with van der Waals surface area (Å²) >= 11 is 0. The van der Waals surface area contributed by atoms with Crippen molar-refractivity contribution in [2.75, 3.05) is 0 Å². The van der Waals surface area contributed by atoms with Gasteiger partial charge in [0, 0.05) is 46.9 Å². The number of phenols is 8. The van der Waals surface area contributed by atoms with E-state index in [1.807, 2.05) is 0 Å². The maximum atomic E-state index is 11.7. The molecule has 0 unspecified atom stereocenters. The minimum absolute atomic E-state index is 0.00953. The average molecular weight is 579 g/mol. The fourth-order valence-electron chi connectivity index (χ4n) is 5.73. The van der Waals surface area contributed by atoms with E-state index in [1.165, 1.54) is 30.3 Å². The van der Waals surface area contributed by atoms with Gasteiger partial charge in [-0.15, -0.1) is 0 Å². The molecular formula is C30H26O12. The fraction of sp³-hybridized carbons (Fsp3) is 0.200. The first-order chi connectivity index (χ1) is 19.9. The minimum Gasteiger partial charge on any atom is -0.508 e. The molecule has 218 valence electrons. The van der Waals surface area contributed by atoms with Crippen molar-refractivity contribution >= 4 is 0 Å². The van der Waals surface area contributed by atoms with Crippen molar-refractivity contribution in [1.29, 1.82) is 0 Å². The van der Waals surface area contributed by atoms with Crippen molar-refractivity contribution in [3.8, 4) is 57.5 Å². The number of rotatable bonds is 3. The summed E-state index contributed by atoms with van der Waals surface area (Å²) in [6, 6.07) is 11.2. The second-order valence-electron chi connectivity index (χ2n) is 10.3. The SMILES string of the molecule is Oc1ccc([C@H]2Oc3cc(O)cc(O)c3[C@H](c3c(O)cc(O)c4c3O[C@H](c3cc(O)c(O)c(O)c3)[C@H](O)C4)[C@H]2O)cc1. The van der Waals surface area contributed by atoms with Crippen LogP contribution in [-0.4, -0.2) is 63.3 Å². The Bertz CT molecular complexity index is 1680. The molecule has 0 spiro atoms. The Morgan fingerprint density at radius 3 is 1.88 bits per heavy atom. The van der Waals surface area contributed by atoms with Crippen LogP contribution >= 0.6 is 0 Å². The largest absolute Gasteiger partial charge is 0.508 e. The molecule has 2 heterocycles. The Hall–Kier alpha value is -5.20. The first-order valence-corrected chi connectivity index (χ1v) is 12.8. The molecule has 0 radical (unpaired) electrons. The molecule has 4 aromatic carbocycles. The van der Waals surface area contributed by atoms with Crippen LogP contribution in [0.2, 0.25) is 0 Å². The van der Waals surface area contributed by atoms with Crippen LogP contribution in [0.15, 0.2) is 54.6 Å². The van der Waals surface area contributed by atoms with Gasteiger partial charge in [-0.1, -0.05) is 12.1 Å². The van der Waals surface area contributed by atoms with Crippen LogP contribution < -0.4 is 9.47 Å². The van der Waals surface area contributed by atoms with Crippen LogP contribution in [-0.2, 0) is 6.42 Å². The lowest BCUT2D eigenvalue weighted by molar-refractivity contribution is 0.00119. The van der Waals surface area contributed by atoms with E-state index >= 15 is 0 Å². The number of hydrogen-bond donors (Lipinski definition) is 10. The number of ether oxygens (including phenoxy) is 2. The summed E-state index contributed by atoms with van der Waals surface area (Å²) < 4.78 is 12.1. The van der Waals surface area contributed by atoms with Crippen molar-refractivity contribution in [2.24, 2.45) is 0 Å². The zero-order valence-electron chi connectivity index (χ0n) is 21.6. The molecule has 12 heteroatoms. The predicted octanol–water partition coefficient (Wildman–Crippen LogP) is 3.00. The second-order valence-corrected chi connectivity index (χ2v) is 10.3. The number of phenolic OH excluding ortho intramolecular Hbond substituents is 8. The van der Waals surface area contributed by atoms with Crippen molar-refractivity contribution in [2.45, 2.75) is 36.8 Å². The number of aliphatic hydroxyl groups excluding tert-OH is 2. The summed E-state index contributed by atoms with van der Waals surface area (Å²) in [5.41, 5.74) is 0.435. The van der Waals surface area contributed by atoms with E-state index in [-0.39, 0.29) is 51.7 Å². The monoisotopic (exact) mass is 578 g/mol. The van der Waals surface area contributed by atoms with Gasteiger partial charge in [-0.05, 0) is 29.8 Å². The zero-order valence-corrected chi connectivity index (χ0v) is 21.6. The van der Waals surface area contributed by atoms with Gasteiger partial charge in [0.2, 0.25) is 0 Å². The van der Waals surface area contributed by atoms with Crippen LogP contribution in [0.1, 0.15) is 45.9 Å². The van der Waals surface area contributed by atoms with E-state index in [4.69, 9.17) is 9.47 Å². The van der Waals surface area contributed by atoms with Gasteiger partial charge in [0.15, 0.2) is 29.5 Å². The van der Waals surface area contributed by atoms with Gasteiger partial charge in [0.1, 0.15) is 46.4 Å². The van der Waals surface area contributed by atoms with Crippen LogP contribution in [0.3, 0.4) is 0 Å². The molecule has 0 amide bonds. The third-order valence-corrected chi connectivity index (χ3v) is 7.66. The highest BCUT2D eigenvalue weighted by Crippen LogP contribution is 2.57. The second kappa shape index (κ2) is 9.72. The molecule has 0 bridgehead atoms. The molecule has 0 aliphatic carbocycles. The number of fused-ring (bicyclic) bond motifs is 2. The van der Waals surface area contributed by atoms with Crippen LogP contribution in [0.5, 0.6) is 57.5 Å². The predicted molar refractivity (Wildman–Crippen MR) is 143 cm³/mol. The summed E-state index contributed by atoms with van der Waals surface area (Å²) in [6.45, 7) is 0. The topological polar surface area (TPSA) is 221 Å². The first kappa shape index (κ1) is 27.0. The standard InChI is InChI=1S/C30H26O12/c31-13-3-1-11(2-4-13)29-27(40)25(23-17(34)7-14(32)8-22(23)41-29)24-18(35)10-16(33)15-9-21(38)28(42-30(15)24)12-5-19(36)26(39)20(37)6-12/h1-8,10,21,25,27-29,31-40H,9H2/t21-,25-,27-,28-,29-/m1/s1. The summed E-state index contributed by atoms with van der Waals surface area (Å²) in [4.78, 5) is 0. The Balaban J connectivity index is 1.55. The van der Waals surface area contributed by atoms with E-state index in [2.05, 4.69) is 0 Å². The van der Waals surface area contributed by atoms with Crippen molar-refractivity contribution < 1.29 is 60.5 Å². The molecule has 0 fully saturated rings. The lowest BCUT2D eigenvalue weighted by Gasteiger charge is -2.40. The van der Waals surface area contributed by atoms with E-state index < -0.39 is 64.8 Å². The Morgan fingerprint density at radius 1 is 0.571 bits per heavy atom. The highest BCUT2D eigenvalue weighted by Gasteiger charge is 2.46. The van der Waals surface area contributed by atoms with Crippen LogP contribution in [0, 0.1) is 0 Å². The highest BCUT2D eigenvalue weighted by molar-refractivity contribution is 5.66. The van der Waals surface area contributed by atoms with Gasteiger partial charge in [-0.3, -0.25) is 0 Å². The Morgan fingerprint density at radius 2 is 1.21 bits per heavy atom. The number of hydrogen-bond acceptors (Lipinski definition) is 12. The number of benzene rings is 4. The summed E-state index contributed by atoms with van der Waals surface area (Å²) in [5, 5.41) is 105. The molecule has 2 aliphatic rings. The van der Waals surface area contributed by atoms with Crippen molar-refractivity contribution in [3.05, 3.63) is 82.4 Å². The quantitative estimate of drug-likeness (QED) is 0.159. The molecule has 0 aromatic heterocycles. The molecule has 4 aromatic rings. The van der Waals surface area contributed by atoms with E-state index in [0.29, 0.717) is 5.56 Å². The number of aromatic hydroxyl groups is 8. The van der Waals surface area contributed by atoms with Gasteiger partial charge in [-0.2, -0.15) is 0 Å². The molecule has 0 saturated carbocycles. The van der Waals surface area contributed by atoms with Crippen molar-refractivity contribution in [3.63, 3.8) is 0 Å². The molecule has 2 aliphatic heterocycles. The lowest BCUT2D eigenvalue weighted by atomic mass is 9.77. The lowest BCUT2D eigenvalue weighted by Crippen LogP contribution is -2.36. The molecule has 0 saturated heterocycles. The average Bonchev–Trinajstić information content (AvgIpc) is 2.93. The molecular weight excluding hydrogens is 552 g/mol. The fourth-order valence-corrected chi connectivity index (χ4v) is 5.73. The smallest absolute Gasteiger partial charge is 0.200 e. The normalized spacial score (nSPS) is 22.9. The van der Waals surface area contributed by atoms with Crippen molar-refractivity contribution in [1.82, 2.24) is 0 Å². The molecule has 6 rings (SSSR count). The summed E-state index contributed by atoms with van der Waals surface area (Å²) in [6.07, 6.45) is -5.49. The van der Waals surface area contributed by atoms with Crippen LogP contribution in [0.25, 0.3) is 0 Å². The molecule has 42 heavy (non-hydrogen) atoms. The third-order valence-electron chi connectivity index (χ3n) is 7.66. The zero-order chi connectivity index (χ0) is 30.0. The summed E-state index contributed by atoms with van der Waals surface area (Å²) in [5.74, 6) is -5.41. The van der Waals surface area contributed by atoms with Gasteiger partial charge in [0.05, 0.1) is 12.0 Å². The van der Waals surface area contributed by atoms with E-state index in [1.54, 1.807) is 0 Å². The molecule has 12 nitrogen and oxygen atoms in total. The van der Waals surface area contributed by atoms with E-state index in [9.17, 15) is 51.1 Å². The minimum atomic E-state index is -1.52. The molecule has 5 atom stereocenters. The number of aliphatic hydroxyl groups is 2. The van der Waals surface area contributed by atoms with Crippen LogP contribution in [0.4, 0.5) is 0 Å². The Kier molecular flexibility index (Phi) is 6.24. The Labute approximate surface area is 237 Å². The third kappa shape index (κ3) is 4.24. The highest BCUT2D eigenvalue weighted by atomic mass is 16.5. The summed E-state index contributed by atoms with van der Waals surface area (Å²) in [7, 11) is 0. The van der Waals surface area contributed by atoms with Gasteiger partial charge >= 0.3 is 0 Å². The maximum absolute atomic E-state index is 11.7. The van der Waals surface area contributed by atoms with Gasteiger partial charge < -0.3 is 60.5 Å². The maximum Gasteiger partial charge on any atom is 0.200 e.